The Morgan fingerprint density at radius 2 is 2.00 bits per heavy atom. The van der Waals surface area contributed by atoms with Gasteiger partial charge in [0.1, 0.15) is 0 Å². The van der Waals surface area contributed by atoms with Crippen LogP contribution in [0, 0.1) is 0 Å². The minimum atomic E-state index is -4.41. The molecule has 156 valence electrons. The highest BCUT2D eigenvalue weighted by atomic mass is 19.4. The van der Waals surface area contributed by atoms with E-state index in [2.05, 4.69) is 26.0 Å². The molecule has 7 nitrogen and oxygen atoms in total. The maximum Gasteiger partial charge on any atom is 0.416 e. The molecular weight excluding hydrogens is 397 g/mol. The average Bonchev–Trinajstić information content (AvgIpc) is 2.73. The summed E-state index contributed by atoms with van der Waals surface area (Å²) in [5, 5.41) is 18.4. The Balaban J connectivity index is 1.64. The van der Waals surface area contributed by atoms with Gasteiger partial charge < -0.3 is 15.5 Å². The number of nitrogens with one attached hydrogen (secondary N) is 2. The van der Waals surface area contributed by atoms with Gasteiger partial charge in [-0.05, 0) is 48.0 Å². The number of piperazine rings is 1. The van der Waals surface area contributed by atoms with E-state index in [4.69, 9.17) is 0 Å². The van der Waals surface area contributed by atoms with Gasteiger partial charge in [0.2, 0.25) is 5.91 Å². The first-order valence-electron chi connectivity index (χ1n) is 9.40. The summed E-state index contributed by atoms with van der Waals surface area (Å²) in [7, 11) is 0. The fourth-order valence-electron chi connectivity index (χ4n) is 3.41. The Labute approximate surface area is 170 Å². The van der Waals surface area contributed by atoms with E-state index in [1.54, 1.807) is 19.1 Å². The molecule has 3 aromatic rings. The second-order valence-electron chi connectivity index (χ2n) is 7.10. The van der Waals surface area contributed by atoms with Crippen LogP contribution in [0.1, 0.15) is 24.1 Å². The molecule has 2 heterocycles. The molecule has 0 radical (unpaired) electrons. The molecule has 30 heavy (non-hydrogen) atoms. The van der Waals surface area contributed by atoms with E-state index in [1.165, 1.54) is 6.07 Å². The van der Waals surface area contributed by atoms with Crippen LogP contribution in [0.5, 0.6) is 0 Å². The molecular formula is C20H19F3N6O. The van der Waals surface area contributed by atoms with Gasteiger partial charge in [0.05, 0.1) is 23.7 Å². The van der Waals surface area contributed by atoms with Crippen LogP contribution < -0.4 is 15.5 Å². The maximum absolute atomic E-state index is 13.0. The monoisotopic (exact) mass is 416 g/mol. The van der Waals surface area contributed by atoms with Crippen LogP contribution in [0.2, 0.25) is 0 Å². The zero-order valence-corrected chi connectivity index (χ0v) is 16.1. The molecule has 1 amide bonds. The smallest absolute Gasteiger partial charge is 0.361 e. The highest BCUT2D eigenvalue weighted by molar-refractivity contribution is 5.92. The molecule has 1 fully saturated rings. The normalized spacial score (nSPS) is 15.7. The zero-order chi connectivity index (χ0) is 21.3. The quantitative estimate of drug-likeness (QED) is 0.680. The number of hydrogen-bond acceptors (Lipinski definition) is 6. The van der Waals surface area contributed by atoms with E-state index in [1.807, 2.05) is 17.0 Å². The van der Waals surface area contributed by atoms with Crippen molar-refractivity contribution in [2.24, 2.45) is 0 Å². The second kappa shape index (κ2) is 7.77. The lowest BCUT2D eigenvalue weighted by molar-refractivity contribution is -0.137. The molecule has 2 aromatic carbocycles. The van der Waals surface area contributed by atoms with E-state index in [0.717, 1.165) is 17.8 Å². The number of halogens is 3. The molecule has 0 unspecified atom stereocenters. The van der Waals surface area contributed by atoms with Crippen molar-refractivity contribution in [1.82, 2.24) is 20.7 Å². The SMILES string of the molecule is C[C@@H](Nc1nnnc2ccc(N3CCNC(=O)C3)cc12)c1cccc(C(F)(F)F)c1. The lowest BCUT2D eigenvalue weighted by atomic mass is 10.0. The van der Waals surface area contributed by atoms with Crippen molar-refractivity contribution in [2.75, 3.05) is 29.9 Å². The lowest BCUT2D eigenvalue weighted by Crippen LogP contribution is -2.47. The minimum absolute atomic E-state index is 0.0520. The lowest BCUT2D eigenvalue weighted by Gasteiger charge is -2.28. The van der Waals surface area contributed by atoms with Crippen molar-refractivity contribution < 1.29 is 18.0 Å². The molecule has 1 saturated heterocycles. The number of alkyl halides is 3. The Morgan fingerprint density at radius 1 is 1.17 bits per heavy atom. The van der Waals surface area contributed by atoms with E-state index >= 15 is 0 Å². The molecule has 0 aliphatic carbocycles. The summed E-state index contributed by atoms with van der Waals surface area (Å²) in [6, 6.07) is 10.2. The third-order valence-electron chi connectivity index (χ3n) is 5.00. The van der Waals surface area contributed by atoms with Crippen molar-refractivity contribution >= 4 is 28.3 Å². The van der Waals surface area contributed by atoms with Gasteiger partial charge in [0.15, 0.2) is 5.82 Å². The Bertz CT molecular complexity index is 1090. The number of carbonyl (C=O) groups excluding carboxylic acids is 1. The molecule has 4 rings (SSSR count). The van der Waals surface area contributed by atoms with Crippen LogP contribution in [0.25, 0.3) is 10.9 Å². The van der Waals surface area contributed by atoms with Crippen LogP contribution in [-0.4, -0.2) is 41.0 Å². The molecule has 2 N–H and O–H groups in total. The second-order valence-corrected chi connectivity index (χ2v) is 7.10. The number of fused-ring (bicyclic) bond motifs is 1. The average molecular weight is 416 g/mol. The largest absolute Gasteiger partial charge is 0.416 e. The molecule has 1 aromatic heterocycles. The maximum atomic E-state index is 13.0. The first kappa shape index (κ1) is 19.9. The Morgan fingerprint density at radius 3 is 2.77 bits per heavy atom. The van der Waals surface area contributed by atoms with Crippen molar-refractivity contribution in [3.05, 3.63) is 53.6 Å². The fraction of sp³-hybridized carbons (Fsp3) is 0.300. The van der Waals surface area contributed by atoms with Crippen molar-refractivity contribution in [1.29, 1.82) is 0 Å². The minimum Gasteiger partial charge on any atom is -0.361 e. The van der Waals surface area contributed by atoms with Crippen molar-refractivity contribution in [3.8, 4) is 0 Å². The summed E-state index contributed by atoms with van der Waals surface area (Å²) in [5.41, 5.74) is 1.20. The standard InChI is InChI=1S/C20H19F3N6O/c1-12(13-3-2-4-14(9-13)20(21,22)23)25-19-16-10-15(5-6-17(16)26-28-27-19)29-8-7-24-18(30)11-29/h2-6,9-10,12H,7-8,11H2,1H3,(H,24,30)(H,25,26,27)/t12-/m1/s1. The summed E-state index contributed by atoms with van der Waals surface area (Å²) >= 11 is 0. The third kappa shape index (κ3) is 4.12. The predicted molar refractivity (Wildman–Crippen MR) is 106 cm³/mol. The fourth-order valence-corrected chi connectivity index (χ4v) is 3.41. The number of anilines is 2. The number of nitrogens with zero attached hydrogens (tertiary/aromatic N) is 4. The summed E-state index contributed by atoms with van der Waals surface area (Å²) in [6.45, 7) is 3.23. The van der Waals surface area contributed by atoms with E-state index in [0.29, 0.717) is 35.4 Å². The van der Waals surface area contributed by atoms with E-state index in [-0.39, 0.29) is 12.5 Å². The molecule has 0 spiro atoms. The molecule has 1 aliphatic heterocycles. The van der Waals surface area contributed by atoms with Gasteiger partial charge in [0.25, 0.3) is 0 Å². The van der Waals surface area contributed by atoms with Gasteiger partial charge in [-0.1, -0.05) is 12.1 Å². The van der Waals surface area contributed by atoms with Crippen molar-refractivity contribution in [2.45, 2.75) is 19.1 Å². The number of hydrogen-bond donors (Lipinski definition) is 2. The first-order chi connectivity index (χ1) is 14.3. The molecule has 0 saturated carbocycles. The first-order valence-corrected chi connectivity index (χ1v) is 9.40. The number of benzene rings is 2. The number of rotatable bonds is 4. The van der Waals surface area contributed by atoms with Gasteiger partial charge in [-0.25, -0.2) is 0 Å². The van der Waals surface area contributed by atoms with Crippen LogP contribution in [-0.2, 0) is 11.0 Å². The van der Waals surface area contributed by atoms with Gasteiger partial charge in [-0.2, -0.15) is 13.2 Å². The van der Waals surface area contributed by atoms with E-state index < -0.39 is 17.8 Å². The van der Waals surface area contributed by atoms with Crippen molar-refractivity contribution in [3.63, 3.8) is 0 Å². The topological polar surface area (TPSA) is 83.0 Å². The van der Waals surface area contributed by atoms with Crippen LogP contribution in [0.15, 0.2) is 42.5 Å². The molecule has 1 aliphatic rings. The highest BCUT2D eigenvalue weighted by Crippen LogP contribution is 2.32. The molecule has 1 atom stereocenters. The number of carbonyl (C=O) groups is 1. The van der Waals surface area contributed by atoms with Crippen LogP contribution in [0.4, 0.5) is 24.7 Å². The van der Waals surface area contributed by atoms with Crippen LogP contribution >= 0.6 is 0 Å². The molecule has 10 heteroatoms. The number of amides is 1. The highest BCUT2D eigenvalue weighted by Gasteiger charge is 2.30. The molecule has 0 bridgehead atoms. The predicted octanol–water partition coefficient (Wildman–Crippen LogP) is 3.15. The van der Waals surface area contributed by atoms with Gasteiger partial charge in [0, 0.05) is 24.2 Å². The van der Waals surface area contributed by atoms with E-state index in [9.17, 15) is 18.0 Å². The summed E-state index contributed by atoms with van der Waals surface area (Å²) in [4.78, 5) is 13.6. The third-order valence-corrected chi connectivity index (χ3v) is 5.00. The zero-order valence-electron chi connectivity index (χ0n) is 16.1. The summed E-state index contributed by atoms with van der Waals surface area (Å²) in [6.07, 6.45) is -4.41. The van der Waals surface area contributed by atoms with Gasteiger partial charge in [-0.15, -0.1) is 10.2 Å². The van der Waals surface area contributed by atoms with Gasteiger partial charge >= 0.3 is 6.18 Å². The summed E-state index contributed by atoms with van der Waals surface area (Å²) in [5.74, 6) is 0.358. The Hall–Kier alpha value is -3.43. The summed E-state index contributed by atoms with van der Waals surface area (Å²) < 4.78 is 39.1. The van der Waals surface area contributed by atoms with Gasteiger partial charge in [-0.3, -0.25) is 4.79 Å². The number of aromatic nitrogens is 3. The Kier molecular flexibility index (Phi) is 5.15. The van der Waals surface area contributed by atoms with Crippen LogP contribution in [0.3, 0.4) is 0 Å².